The number of hydrogen-bond acceptors (Lipinski definition) is 8. The second-order valence-electron chi connectivity index (χ2n) is 15.8. The zero-order valence-electron chi connectivity index (χ0n) is 32.2. The number of aliphatic carboxylic acids is 1. The number of allylic oxidation sites excluding steroid dienone is 1. The van der Waals surface area contributed by atoms with Crippen molar-refractivity contribution in [1.29, 1.82) is 5.26 Å². The van der Waals surface area contributed by atoms with Crippen LogP contribution >= 0.6 is 11.8 Å². The number of nitriles is 1. The molecule has 6 rings (SSSR count). The van der Waals surface area contributed by atoms with Gasteiger partial charge in [-0.25, -0.2) is 0 Å². The number of carbonyl (C=O) groups is 3. The molecule has 6 atom stereocenters. The van der Waals surface area contributed by atoms with E-state index in [1.807, 2.05) is 24.3 Å². The lowest BCUT2D eigenvalue weighted by Gasteiger charge is -2.48. The number of amides is 2. The van der Waals surface area contributed by atoms with E-state index in [0.717, 1.165) is 35.5 Å². The molecule has 3 fully saturated rings. The summed E-state index contributed by atoms with van der Waals surface area (Å²) in [6, 6.07) is 10.7. The monoisotopic (exact) mass is 836 g/mol. The summed E-state index contributed by atoms with van der Waals surface area (Å²) in [4.78, 5) is 46.2. The summed E-state index contributed by atoms with van der Waals surface area (Å²) in [5, 5.41) is 20.1. The van der Waals surface area contributed by atoms with Crippen LogP contribution in [0.25, 0.3) is 0 Å². The van der Waals surface area contributed by atoms with Gasteiger partial charge in [-0.05, 0) is 81.2 Å². The summed E-state index contributed by atoms with van der Waals surface area (Å²) >= 11 is 0.586. The Kier molecular flexibility index (Phi) is 12.9. The molecular weight excluding hydrogens is 791 g/mol. The fourth-order valence-corrected chi connectivity index (χ4v) is 9.98. The average molecular weight is 837 g/mol. The highest BCUT2D eigenvalue weighted by atomic mass is 32.2. The number of alkyl halides is 6. The maximum absolute atomic E-state index is 14.9. The van der Waals surface area contributed by atoms with Crippen molar-refractivity contribution >= 4 is 29.5 Å². The molecule has 1 aliphatic carbocycles. The number of carboxylic acid groups (broad SMARTS) is 1. The Labute approximate surface area is 336 Å². The number of carbonyl (C=O) groups excluding carboxylic acids is 2. The second kappa shape index (κ2) is 17.2. The molecule has 1 aromatic heterocycles. The van der Waals surface area contributed by atoms with Crippen LogP contribution in [0.3, 0.4) is 0 Å². The minimum atomic E-state index is -4.89. The number of benzene rings is 1. The van der Waals surface area contributed by atoms with Gasteiger partial charge in [-0.2, -0.15) is 31.6 Å². The minimum Gasteiger partial charge on any atom is -0.481 e. The van der Waals surface area contributed by atoms with Gasteiger partial charge in [0.1, 0.15) is 5.69 Å². The summed E-state index contributed by atoms with van der Waals surface area (Å²) in [5.41, 5.74) is -2.99. The zero-order chi connectivity index (χ0) is 42.0. The van der Waals surface area contributed by atoms with Crippen LogP contribution in [-0.2, 0) is 37.3 Å². The smallest absolute Gasteiger partial charge is 0.422 e. The number of rotatable bonds is 11. The molecule has 10 nitrogen and oxygen atoms in total. The predicted molar refractivity (Wildman–Crippen MR) is 200 cm³/mol. The van der Waals surface area contributed by atoms with Gasteiger partial charge in [0.25, 0.3) is 5.91 Å². The van der Waals surface area contributed by atoms with Crippen LogP contribution in [-0.4, -0.2) is 93.1 Å². The number of halogens is 6. The molecule has 4 aliphatic rings. The standard InChI is InChI=1S/C41H46F6N4O6S/c1-3-7-30-33(35(52)50-18-14-39(23-48,15-19-50)28-9-5-4-8-26(28)22-56-27-12-11-25(20-27)37(54)55)31(57-38(2)21-32(58-24-38)41(45,46)47)13-17-51(30)36(53)34-29(40(42,43)44)10-6-16-49-34/h4-6,8-10,16,21,25,27,30-31,33H,3,7,11-15,17-20,22,24H2,1-2H3,(H,54,55)/t25?,27?,30-,31?,33+,38?/m1/s1. The number of likely N-dealkylation sites (tertiary alicyclic amines) is 2. The average Bonchev–Trinajstić information content (AvgIpc) is 3.84. The SMILES string of the molecule is CCC[C@@H]1[C@H](C(=O)N2CCC(C#N)(c3ccccc3COC3CCC(C(=O)O)C3)CC2)C(OC2(C)C=C(C(F)(F)F)SC2)CCN1C(=O)c1ncccc1C(F)(F)F. The van der Waals surface area contributed by atoms with Crippen molar-refractivity contribution in [2.75, 3.05) is 25.4 Å². The van der Waals surface area contributed by atoms with Crippen molar-refractivity contribution in [2.24, 2.45) is 11.8 Å². The van der Waals surface area contributed by atoms with Gasteiger partial charge in [0.05, 0.1) is 58.2 Å². The Morgan fingerprint density at radius 2 is 1.74 bits per heavy atom. The fraction of sp³-hybridized carbons (Fsp3) is 0.585. The quantitative estimate of drug-likeness (QED) is 0.224. The van der Waals surface area contributed by atoms with E-state index in [9.17, 15) is 51.1 Å². The first-order valence-corrected chi connectivity index (χ1v) is 20.4. The van der Waals surface area contributed by atoms with E-state index in [0.29, 0.717) is 37.4 Å². The van der Waals surface area contributed by atoms with Crippen molar-refractivity contribution in [1.82, 2.24) is 14.8 Å². The van der Waals surface area contributed by atoms with Crippen LogP contribution in [0.1, 0.15) is 92.4 Å². The van der Waals surface area contributed by atoms with Crippen molar-refractivity contribution in [3.05, 3.63) is 76.0 Å². The number of ether oxygens (including phenoxy) is 2. The van der Waals surface area contributed by atoms with Gasteiger partial charge in [-0.15, -0.1) is 11.8 Å². The van der Waals surface area contributed by atoms with Crippen molar-refractivity contribution in [3.63, 3.8) is 0 Å². The lowest BCUT2D eigenvalue weighted by atomic mass is 9.72. The molecule has 1 aromatic carbocycles. The normalized spacial score (nSPS) is 27.6. The second-order valence-corrected chi connectivity index (χ2v) is 16.8. The van der Waals surface area contributed by atoms with Gasteiger partial charge < -0.3 is 24.4 Å². The molecule has 1 N–H and O–H groups in total. The minimum absolute atomic E-state index is 0.0381. The zero-order valence-corrected chi connectivity index (χ0v) is 33.0. The number of carboxylic acids is 1. The molecule has 0 spiro atoms. The number of pyridine rings is 1. The van der Waals surface area contributed by atoms with E-state index in [4.69, 9.17) is 9.47 Å². The summed E-state index contributed by atoms with van der Waals surface area (Å²) in [7, 11) is 0. The van der Waals surface area contributed by atoms with E-state index in [-0.39, 0.29) is 63.8 Å². The van der Waals surface area contributed by atoms with Gasteiger partial charge in [0.15, 0.2) is 0 Å². The largest absolute Gasteiger partial charge is 0.481 e. The van der Waals surface area contributed by atoms with Gasteiger partial charge in [0.2, 0.25) is 5.91 Å². The van der Waals surface area contributed by atoms with E-state index in [1.165, 1.54) is 11.8 Å². The van der Waals surface area contributed by atoms with E-state index in [1.54, 1.807) is 11.8 Å². The number of nitrogens with zero attached hydrogens (tertiary/aromatic N) is 4. The molecule has 0 bridgehead atoms. The van der Waals surface area contributed by atoms with Crippen LogP contribution in [0.4, 0.5) is 26.3 Å². The van der Waals surface area contributed by atoms with Crippen molar-refractivity contribution < 1.29 is 55.3 Å². The van der Waals surface area contributed by atoms with Crippen LogP contribution in [0.2, 0.25) is 0 Å². The van der Waals surface area contributed by atoms with E-state index >= 15 is 0 Å². The van der Waals surface area contributed by atoms with Crippen LogP contribution in [0, 0.1) is 23.2 Å². The molecule has 2 saturated heterocycles. The number of aromatic nitrogens is 1. The third-order valence-electron chi connectivity index (χ3n) is 11.9. The third-order valence-corrected chi connectivity index (χ3v) is 13.2. The molecule has 2 aromatic rings. The molecule has 2 amide bonds. The molecule has 4 unspecified atom stereocenters. The predicted octanol–water partition coefficient (Wildman–Crippen LogP) is 7.92. The fourth-order valence-electron chi connectivity index (χ4n) is 8.89. The lowest BCUT2D eigenvalue weighted by Crippen LogP contribution is -2.61. The summed E-state index contributed by atoms with van der Waals surface area (Å²) in [6.45, 7) is 3.53. The van der Waals surface area contributed by atoms with E-state index in [2.05, 4.69) is 11.1 Å². The van der Waals surface area contributed by atoms with Gasteiger partial charge in [-0.1, -0.05) is 37.6 Å². The maximum atomic E-state index is 14.9. The Hall–Kier alpha value is -4.14. The molecule has 1 saturated carbocycles. The van der Waals surface area contributed by atoms with Gasteiger partial charge in [-0.3, -0.25) is 19.4 Å². The number of thioether (sulfide) groups is 1. The number of piperidine rings is 2. The summed E-state index contributed by atoms with van der Waals surface area (Å²) in [6.07, 6.45) is -6.13. The van der Waals surface area contributed by atoms with Crippen molar-refractivity contribution in [3.8, 4) is 6.07 Å². The topological polar surface area (TPSA) is 133 Å². The molecule has 4 heterocycles. The highest BCUT2D eigenvalue weighted by molar-refractivity contribution is 8.03. The molecule has 58 heavy (non-hydrogen) atoms. The summed E-state index contributed by atoms with van der Waals surface area (Å²) in [5.74, 6) is -4.04. The van der Waals surface area contributed by atoms with Gasteiger partial charge in [0, 0.05) is 37.6 Å². The Balaban J connectivity index is 1.27. The highest BCUT2D eigenvalue weighted by Crippen LogP contribution is 2.46. The Morgan fingerprint density at radius 3 is 2.36 bits per heavy atom. The van der Waals surface area contributed by atoms with E-state index < -0.39 is 81.3 Å². The molecule has 0 radical (unpaired) electrons. The lowest BCUT2D eigenvalue weighted by molar-refractivity contribution is -0.158. The number of hydrogen-bond donors (Lipinski definition) is 1. The Bertz CT molecular complexity index is 1930. The Morgan fingerprint density at radius 1 is 1.02 bits per heavy atom. The maximum Gasteiger partial charge on any atom is 0.422 e. The third kappa shape index (κ3) is 9.18. The first kappa shape index (κ1) is 43.4. The molecular formula is C41H46F6N4O6S. The molecule has 314 valence electrons. The highest BCUT2D eigenvalue weighted by Gasteiger charge is 2.52. The van der Waals surface area contributed by atoms with Gasteiger partial charge >= 0.3 is 18.3 Å². The molecule has 3 aliphatic heterocycles. The first-order chi connectivity index (χ1) is 27.4. The summed E-state index contributed by atoms with van der Waals surface area (Å²) < 4.78 is 96.0. The van der Waals surface area contributed by atoms with Crippen LogP contribution in [0.5, 0.6) is 0 Å². The first-order valence-electron chi connectivity index (χ1n) is 19.5. The van der Waals surface area contributed by atoms with Crippen LogP contribution in [0.15, 0.2) is 53.6 Å². The van der Waals surface area contributed by atoms with Crippen molar-refractivity contribution in [2.45, 2.75) is 113 Å². The molecule has 17 heteroatoms. The van der Waals surface area contributed by atoms with Crippen LogP contribution < -0.4 is 0 Å².